The minimum absolute atomic E-state index is 0.127. The molecule has 0 unspecified atom stereocenters. The summed E-state index contributed by atoms with van der Waals surface area (Å²) < 4.78 is 6.08. The second-order valence-corrected chi connectivity index (χ2v) is 7.83. The highest BCUT2D eigenvalue weighted by Gasteiger charge is 2.37. The van der Waals surface area contributed by atoms with Gasteiger partial charge in [-0.05, 0) is 80.8 Å². The van der Waals surface area contributed by atoms with Gasteiger partial charge in [-0.3, -0.25) is 14.9 Å². The van der Waals surface area contributed by atoms with Gasteiger partial charge in [0.2, 0.25) is 0 Å². The lowest BCUT2D eigenvalue weighted by molar-refractivity contribution is -0.122. The van der Waals surface area contributed by atoms with Crippen molar-refractivity contribution in [3.63, 3.8) is 0 Å². The van der Waals surface area contributed by atoms with Crippen LogP contribution in [0.15, 0.2) is 44.9 Å². The first-order valence-electron chi connectivity index (χ1n) is 8.25. The number of rotatable bonds is 4. The number of carbonyl (C=O) groups is 3. The number of ether oxygens (including phenoxy) is 1. The Hall–Kier alpha value is -2.36. The number of benzene rings is 2. The average Bonchev–Trinajstić information content (AvgIpc) is 2.68. The molecule has 4 amide bonds. The van der Waals surface area contributed by atoms with Crippen molar-refractivity contribution in [2.75, 3.05) is 11.5 Å². The molecule has 29 heavy (non-hydrogen) atoms. The molecule has 1 heterocycles. The fourth-order valence-electron chi connectivity index (χ4n) is 2.62. The lowest BCUT2D eigenvalue weighted by atomic mass is 10.1. The first-order valence-corrected chi connectivity index (χ1v) is 10.2. The van der Waals surface area contributed by atoms with E-state index in [-0.39, 0.29) is 22.8 Å². The maximum absolute atomic E-state index is 12.9. The molecule has 7 nitrogen and oxygen atoms in total. The highest BCUT2D eigenvalue weighted by Crippen LogP contribution is 2.42. The summed E-state index contributed by atoms with van der Waals surface area (Å²) in [6, 6.07) is 6.66. The lowest BCUT2D eigenvalue weighted by Crippen LogP contribution is -2.54. The normalized spacial score (nSPS) is 15.7. The predicted octanol–water partition coefficient (Wildman–Crippen LogP) is 4.64. The molecule has 2 aromatic carbocycles. The van der Waals surface area contributed by atoms with Crippen molar-refractivity contribution in [2.45, 2.75) is 6.92 Å². The van der Waals surface area contributed by atoms with E-state index in [1.54, 1.807) is 6.92 Å². The van der Waals surface area contributed by atoms with Crippen molar-refractivity contribution < 1.29 is 24.2 Å². The first kappa shape index (κ1) is 21.4. The fourth-order valence-corrected chi connectivity index (χ4v) is 3.59. The molecule has 0 radical (unpaired) electrons. The van der Waals surface area contributed by atoms with Crippen LogP contribution in [0.5, 0.6) is 11.5 Å². The Bertz CT molecular complexity index is 1050. The van der Waals surface area contributed by atoms with Crippen LogP contribution in [0.1, 0.15) is 12.5 Å². The minimum Gasteiger partial charge on any atom is -0.503 e. The van der Waals surface area contributed by atoms with Gasteiger partial charge in [-0.25, -0.2) is 9.69 Å². The topological polar surface area (TPSA) is 95.9 Å². The van der Waals surface area contributed by atoms with Gasteiger partial charge in [0.25, 0.3) is 11.8 Å². The van der Waals surface area contributed by atoms with E-state index in [4.69, 9.17) is 16.3 Å². The van der Waals surface area contributed by atoms with E-state index in [1.807, 2.05) is 0 Å². The fraction of sp³-hybridized carbons (Fsp3) is 0.105. The molecule has 1 aliphatic rings. The maximum atomic E-state index is 12.9. The largest absolute Gasteiger partial charge is 0.503 e. The van der Waals surface area contributed by atoms with Gasteiger partial charge in [-0.15, -0.1) is 0 Å². The number of barbiturate groups is 1. The molecule has 0 atom stereocenters. The summed E-state index contributed by atoms with van der Waals surface area (Å²) in [5.74, 6) is -1.59. The third-order valence-corrected chi connectivity index (χ3v) is 6.37. The summed E-state index contributed by atoms with van der Waals surface area (Å²) in [5.41, 5.74) is 0.388. The Morgan fingerprint density at radius 2 is 1.83 bits per heavy atom. The molecule has 0 spiro atoms. The Balaban J connectivity index is 2.08. The lowest BCUT2D eigenvalue weighted by Gasteiger charge is -2.26. The highest BCUT2D eigenvalue weighted by molar-refractivity contribution is 9.13. The standard InChI is InChI=1S/C19H13Br2ClN2O5/c1-2-29-13-8-9(14(20)15(21)16(13)25)7-12-17(26)23-19(28)24(18(12)27)11-5-3-10(22)4-6-11/h3-8,25H,2H2,1H3,(H,23,26,28)/b12-7+. The molecular formula is C19H13Br2ClN2O5. The summed E-state index contributed by atoms with van der Waals surface area (Å²) in [5, 5.41) is 12.7. The van der Waals surface area contributed by atoms with Gasteiger partial charge >= 0.3 is 6.03 Å². The second kappa shape index (κ2) is 8.56. The van der Waals surface area contributed by atoms with Gasteiger partial charge in [0, 0.05) is 9.50 Å². The average molecular weight is 545 g/mol. The van der Waals surface area contributed by atoms with E-state index in [2.05, 4.69) is 37.2 Å². The number of phenols is 1. The summed E-state index contributed by atoms with van der Waals surface area (Å²) in [4.78, 5) is 38.4. The van der Waals surface area contributed by atoms with Crippen LogP contribution < -0.4 is 15.0 Å². The number of hydrogen-bond donors (Lipinski definition) is 2. The number of hydrogen-bond acceptors (Lipinski definition) is 5. The Morgan fingerprint density at radius 1 is 1.17 bits per heavy atom. The van der Waals surface area contributed by atoms with Crippen LogP contribution in [0, 0.1) is 0 Å². The van der Waals surface area contributed by atoms with Crippen LogP contribution >= 0.6 is 43.5 Å². The number of imide groups is 2. The van der Waals surface area contributed by atoms with Crippen LogP contribution in [0.2, 0.25) is 5.02 Å². The number of urea groups is 1. The van der Waals surface area contributed by atoms with Crippen LogP contribution in [-0.2, 0) is 9.59 Å². The minimum atomic E-state index is -0.861. The molecule has 0 bridgehead atoms. The van der Waals surface area contributed by atoms with Crippen LogP contribution in [0.3, 0.4) is 0 Å². The number of carbonyl (C=O) groups excluding carboxylic acids is 3. The number of halogens is 3. The summed E-state index contributed by atoms with van der Waals surface area (Å²) in [6.07, 6.45) is 1.31. The van der Waals surface area contributed by atoms with E-state index in [9.17, 15) is 19.5 Å². The number of aromatic hydroxyl groups is 1. The smallest absolute Gasteiger partial charge is 0.335 e. The van der Waals surface area contributed by atoms with Gasteiger partial charge in [0.15, 0.2) is 11.5 Å². The zero-order valence-corrected chi connectivity index (χ0v) is 18.8. The van der Waals surface area contributed by atoms with Crippen molar-refractivity contribution in [3.05, 3.63) is 55.4 Å². The van der Waals surface area contributed by atoms with E-state index >= 15 is 0 Å². The summed E-state index contributed by atoms with van der Waals surface area (Å²) >= 11 is 12.4. The molecule has 0 aromatic heterocycles. The molecule has 3 rings (SSSR count). The Kier molecular flexibility index (Phi) is 6.30. The molecule has 1 fully saturated rings. The maximum Gasteiger partial charge on any atom is 0.335 e. The molecule has 2 aromatic rings. The van der Waals surface area contributed by atoms with Gasteiger partial charge in [-0.1, -0.05) is 11.6 Å². The third-order valence-electron chi connectivity index (χ3n) is 3.96. The molecule has 1 saturated heterocycles. The Labute approximate surface area is 187 Å². The predicted molar refractivity (Wildman–Crippen MR) is 115 cm³/mol. The molecule has 2 N–H and O–H groups in total. The number of phenolic OH excluding ortho intramolecular Hbond substituents is 1. The first-order chi connectivity index (χ1) is 13.7. The number of anilines is 1. The highest BCUT2D eigenvalue weighted by atomic mass is 79.9. The third kappa shape index (κ3) is 4.17. The molecule has 10 heteroatoms. The zero-order valence-electron chi connectivity index (χ0n) is 14.8. The summed E-state index contributed by atoms with van der Waals surface area (Å²) in [6.45, 7) is 2.05. The van der Waals surface area contributed by atoms with E-state index in [0.717, 1.165) is 4.90 Å². The number of nitrogens with one attached hydrogen (secondary N) is 1. The van der Waals surface area contributed by atoms with Crippen molar-refractivity contribution in [1.82, 2.24) is 5.32 Å². The SMILES string of the molecule is CCOc1cc(/C=C2\C(=O)NC(=O)N(c3ccc(Cl)cc3)C2=O)c(Br)c(Br)c1O. The van der Waals surface area contributed by atoms with E-state index in [1.165, 1.54) is 36.4 Å². The van der Waals surface area contributed by atoms with Crippen molar-refractivity contribution >= 4 is 73.1 Å². The van der Waals surface area contributed by atoms with Gasteiger partial charge < -0.3 is 9.84 Å². The second-order valence-electron chi connectivity index (χ2n) is 5.81. The zero-order chi connectivity index (χ0) is 21.3. The molecule has 150 valence electrons. The van der Waals surface area contributed by atoms with Crippen molar-refractivity contribution in [1.29, 1.82) is 0 Å². The monoisotopic (exact) mass is 542 g/mol. The molecule has 0 saturated carbocycles. The van der Waals surface area contributed by atoms with Gasteiger partial charge in [0.1, 0.15) is 5.57 Å². The Morgan fingerprint density at radius 3 is 2.45 bits per heavy atom. The van der Waals surface area contributed by atoms with Gasteiger partial charge in [-0.2, -0.15) is 0 Å². The quantitative estimate of drug-likeness (QED) is 0.432. The van der Waals surface area contributed by atoms with Gasteiger partial charge in [0.05, 0.1) is 16.8 Å². The molecule has 0 aliphatic carbocycles. The summed E-state index contributed by atoms with van der Waals surface area (Å²) in [7, 11) is 0. The molecular weight excluding hydrogens is 531 g/mol. The van der Waals surface area contributed by atoms with Crippen LogP contribution in [0.25, 0.3) is 6.08 Å². The van der Waals surface area contributed by atoms with Crippen LogP contribution in [-0.4, -0.2) is 29.6 Å². The van der Waals surface area contributed by atoms with Crippen LogP contribution in [0.4, 0.5) is 10.5 Å². The van der Waals surface area contributed by atoms with Crippen molar-refractivity contribution in [2.24, 2.45) is 0 Å². The van der Waals surface area contributed by atoms with E-state index in [0.29, 0.717) is 26.1 Å². The number of amides is 4. The van der Waals surface area contributed by atoms with E-state index < -0.39 is 17.8 Å². The molecule has 1 aliphatic heterocycles. The number of nitrogens with zero attached hydrogens (tertiary/aromatic N) is 1. The van der Waals surface area contributed by atoms with Crippen molar-refractivity contribution in [3.8, 4) is 11.5 Å².